The Hall–Kier alpha value is -3.01. The van der Waals surface area contributed by atoms with Crippen molar-refractivity contribution in [1.29, 1.82) is 0 Å². The van der Waals surface area contributed by atoms with Gasteiger partial charge in [0, 0.05) is 29.1 Å². The first-order chi connectivity index (χ1) is 26.2. The number of hydrogen-bond donors (Lipinski definition) is 1. The van der Waals surface area contributed by atoms with E-state index in [1.165, 1.54) is 55.9 Å². The number of carboxylic acid groups (broad SMARTS) is 1. The Labute approximate surface area is 338 Å². The molecular formula is C46H76F2N2O4S. The number of carbonyl (C=O) groups is 1. The minimum Gasteiger partial charge on any atom is -0.483 e. The monoisotopic (exact) mass is 791 g/mol. The SMILES string of the molecule is C=Cc1cnc(CC)c(C)c1.CC/C=C(/C=C(\N=C(C)C(C)CC)C(F)F)c1cccs1.CCC(C)CCOC1(C(C)C)COC1.CCCCCC.O=CO. The Morgan fingerprint density at radius 1 is 1.09 bits per heavy atom. The van der Waals surface area contributed by atoms with E-state index in [0.29, 0.717) is 5.92 Å². The van der Waals surface area contributed by atoms with Gasteiger partial charge in [-0.05, 0) is 97.6 Å². The van der Waals surface area contributed by atoms with Gasteiger partial charge >= 0.3 is 0 Å². The van der Waals surface area contributed by atoms with Crippen LogP contribution >= 0.6 is 11.3 Å². The second kappa shape index (κ2) is 33.2. The molecule has 0 aliphatic carbocycles. The van der Waals surface area contributed by atoms with E-state index in [4.69, 9.17) is 19.4 Å². The summed E-state index contributed by atoms with van der Waals surface area (Å²) in [5, 5.41) is 8.84. The van der Waals surface area contributed by atoms with Crippen LogP contribution in [0.5, 0.6) is 0 Å². The van der Waals surface area contributed by atoms with E-state index in [1.54, 1.807) is 11.3 Å². The summed E-state index contributed by atoms with van der Waals surface area (Å²) >= 11 is 1.55. The van der Waals surface area contributed by atoms with E-state index in [1.807, 2.05) is 63.6 Å². The Morgan fingerprint density at radius 3 is 2.09 bits per heavy atom. The molecule has 6 nitrogen and oxygen atoms in total. The molecule has 3 rings (SSSR count). The molecule has 2 atom stereocenters. The van der Waals surface area contributed by atoms with Crippen LogP contribution in [0.1, 0.15) is 149 Å². The number of pyridine rings is 1. The molecule has 0 saturated carbocycles. The summed E-state index contributed by atoms with van der Waals surface area (Å²) in [4.78, 5) is 17.8. The first-order valence-electron chi connectivity index (χ1n) is 20.4. The minimum atomic E-state index is -2.57. The van der Waals surface area contributed by atoms with Gasteiger partial charge in [-0.2, -0.15) is 0 Å². The standard InChI is InChI=1S/C17H23F2NS.C12H24O2.C10H13N.C6H14.CH2O2/c1-5-8-14(16-9-7-10-21-16)11-15(17(18)19)20-13(4)12(3)6-2;1-5-11(4)6-7-14-12(10(2)3)8-13-9-12;1-4-9-6-8(3)10(5-2)11-7-9;1-3-5-6-4-2;2-1-3/h7-12,17H,5-6H2,1-4H3;10-11H,5-9H2,1-4H3;4,6-7H,1,5H2,2-3H3;3-6H2,1-2H3;1H,(H,2,3)/b14-8-,15-11-,20-13?;;;;. The lowest BCUT2D eigenvalue weighted by Crippen LogP contribution is -2.56. The molecule has 1 aliphatic heterocycles. The van der Waals surface area contributed by atoms with Crippen LogP contribution in [0.2, 0.25) is 0 Å². The van der Waals surface area contributed by atoms with Crippen LogP contribution in [0.15, 0.2) is 59.2 Å². The van der Waals surface area contributed by atoms with Gasteiger partial charge in [0.2, 0.25) is 0 Å². The van der Waals surface area contributed by atoms with Crippen LogP contribution in [-0.2, 0) is 20.7 Å². The van der Waals surface area contributed by atoms with Crippen LogP contribution in [0.25, 0.3) is 11.6 Å². The number of rotatable bonds is 18. The molecule has 0 amide bonds. The number of ether oxygens (including phenoxy) is 2. The van der Waals surface area contributed by atoms with Crippen molar-refractivity contribution in [2.24, 2.45) is 22.7 Å². The average molecular weight is 791 g/mol. The maximum atomic E-state index is 13.3. The molecule has 1 N–H and O–H groups in total. The topological polar surface area (TPSA) is 81.0 Å². The zero-order valence-corrected chi connectivity index (χ0v) is 37.2. The number of alkyl halides is 2. The van der Waals surface area contributed by atoms with Crippen LogP contribution in [-0.4, -0.2) is 54.1 Å². The molecular weight excluding hydrogens is 715 g/mol. The normalized spacial score (nSPS) is 14.7. The fourth-order valence-corrected chi connectivity index (χ4v) is 5.71. The molecule has 0 radical (unpaired) electrons. The number of nitrogens with zero attached hydrogens (tertiary/aromatic N) is 2. The van der Waals surface area contributed by atoms with Gasteiger partial charge in [-0.1, -0.05) is 126 Å². The highest BCUT2D eigenvalue weighted by atomic mass is 32.1. The fraction of sp³-hybridized carbons (Fsp3) is 0.630. The number of aromatic nitrogens is 1. The van der Waals surface area contributed by atoms with Crippen molar-refractivity contribution in [1.82, 2.24) is 4.98 Å². The number of unbranched alkanes of at least 4 members (excludes halogenated alkanes) is 3. The van der Waals surface area contributed by atoms with Crippen LogP contribution < -0.4 is 0 Å². The van der Waals surface area contributed by atoms with Gasteiger partial charge in [-0.3, -0.25) is 14.8 Å². The summed E-state index contributed by atoms with van der Waals surface area (Å²) in [5.74, 6) is 1.56. The van der Waals surface area contributed by atoms with Crippen LogP contribution in [0, 0.1) is 24.7 Å². The second-order valence-electron chi connectivity index (χ2n) is 14.2. The number of hydrogen-bond acceptors (Lipinski definition) is 6. The number of aryl methyl sites for hydroxylation is 2. The largest absolute Gasteiger partial charge is 0.483 e. The Bertz CT molecular complexity index is 1350. The molecule has 9 heteroatoms. The maximum Gasteiger partial charge on any atom is 0.290 e. The molecule has 3 heterocycles. The van der Waals surface area contributed by atoms with E-state index in [0.717, 1.165) is 66.7 Å². The average Bonchev–Trinajstić information content (AvgIpc) is 3.70. The van der Waals surface area contributed by atoms with E-state index >= 15 is 0 Å². The van der Waals surface area contributed by atoms with Crippen molar-refractivity contribution >= 4 is 35.2 Å². The van der Waals surface area contributed by atoms with Gasteiger partial charge in [0.15, 0.2) is 0 Å². The third-order valence-electron chi connectivity index (χ3n) is 9.57. The van der Waals surface area contributed by atoms with Crippen molar-refractivity contribution in [3.63, 3.8) is 0 Å². The van der Waals surface area contributed by atoms with Crippen molar-refractivity contribution in [3.05, 3.63) is 75.9 Å². The molecule has 1 saturated heterocycles. The van der Waals surface area contributed by atoms with Gasteiger partial charge in [0.25, 0.3) is 12.9 Å². The van der Waals surface area contributed by atoms with Crippen LogP contribution in [0.3, 0.4) is 0 Å². The number of allylic oxidation sites excluding steroid dienone is 4. The molecule has 0 bridgehead atoms. The first-order valence-corrected chi connectivity index (χ1v) is 21.2. The summed E-state index contributed by atoms with van der Waals surface area (Å²) < 4.78 is 37.8. The van der Waals surface area contributed by atoms with E-state index < -0.39 is 6.43 Å². The third kappa shape index (κ3) is 23.6. The predicted octanol–water partition coefficient (Wildman–Crippen LogP) is 13.9. The third-order valence-corrected chi connectivity index (χ3v) is 10.5. The zero-order chi connectivity index (χ0) is 42.2. The second-order valence-corrected chi connectivity index (χ2v) is 15.2. The van der Waals surface area contributed by atoms with Crippen molar-refractivity contribution < 1.29 is 28.2 Å². The highest BCUT2D eigenvalue weighted by molar-refractivity contribution is 7.11. The van der Waals surface area contributed by atoms with E-state index in [2.05, 4.69) is 78.0 Å². The van der Waals surface area contributed by atoms with E-state index in [9.17, 15) is 8.78 Å². The van der Waals surface area contributed by atoms with Crippen LogP contribution in [0.4, 0.5) is 8.78 Å². The summed E-state index contributed by atoms with van der Waals surface area (Å²) in [6, 6.07) is 5.98. The van der Waals surface area contributed by atoms with E-state index in [-0.39, 0.29) is 23.7 Å². The quantitative estimate of drug-likeness (QED) is 0.0704. The number of thiophene rings is 1. The Morgan fingerprint density at radius 2 is 1.71 bits per heavy atom. The van der Waals surface area contributed by atoms with Crippen molar-refractivity contribution in [3.8, 4) is 0 Å². The van der Waals surface area contributed by atoms with Gasteiger partial charge in [-0.25, -0.2) is 8.78 Å². The molecule has 2 unspecified atom stereocenters. The molecule has 1 aliphatic rings. The Kier molecular flexibility index (Phi) is 32.6. The van der Waals surface area contributed by atoms with Gasteiger partial charge in [-0.15, -0.1) is 11.3 Å². The smallest absolute Gasteiger partial charge is 0.290 e. The molecule has 2 aromatic heterocycles. The number of halogens is 2. The predicted molar refractivity (Wildman–Crippen MR) is 235 cm³/mol. The molecule has 2 aromatic rings. The van der Waals surface area contributed by atoms with Crippen molar-refractivity contribution in [2.45, 2.75) is 153 Å². The summed E-state index contributed by atoms with van der Waals surface area (Å²) in [5.41, 5.74) is 4.99. The lowest BCUT2D eigenvalue weighted by Gasteiger charge is -2.44. The van der Waals surface area contributed by atoms with Gasteiger partial charge in [0.1, 0.15) is 11.3 Å². The highest BCUT2D eigenvalue weighted by Gasteiger charge is 2.42. The molecule has 0 aromatic carbocycles. The van der Waals surface area contributed by atoms with Crippen molar-refractivity contribution in [2.75, 3.05) is 19.8 Å². The summed E-state index contributed by atoms with van der Waals surface area (Å²) in [7, 11) is 0. The number of aliphatic imine (C=N–C) groups is 1. The minimum absolute atomic E-state index is 0.0352. The first kappa shape index (κ1) is 54.1. The van der Waals surface area contributed by atoms with Gasteiger partial charge < -0.3 is 14.6 Å². The highest BCUT2D eigenvalue weighted by Crippen LogP contribution is 2.31. The molecule has 0 spiro atoms. The summed E-state index contributed by atoms with van der Waals surface area (Å²) in [6.07, 6.45) is 15.2. The maximum absolute atomic E-state index is 13.3. The fourth-order valence-electron chi connectivity index (χ4n) is 4.97. The molecule has 55 heavy (non-hydrogen) atoms. The summed E-state index contributed by atoms with van der Waals surface area (Å²) in [6.45, 7) is 31.3. The molecule has 314 valence electrons. The lowest BCUT2D eigenvalue weighted by molar-refractivity contribution is -0.231. The Balaban J connectivity index is 0. The zero-order valence-electron chi connectivity index (χ0n) is 36.4. The lowest BCUT2D eigenvalue weighted by atomic mass is 9.88. The molecule has 1 fully saturated rings. The van der Waals surface area contributed by atoms with Gasteiger partial charge in [0.05, 0.1) is 13.2 Å².